The summed E-state index contributed by atoms with van der Waals surface area (Å²) in [6.07, 6.45) is 1.49. The first kappa shape index (κ1) is 15.6. The summed E-state index contributed by atoms with van der Waals surface area (Å²) in [5.41, 5.74) is 1.56. The monoisotopic (exact) mass is 302 g/mol. The van der Waals surface area contributed by atoms with E-state index < -0.39 is 12.0 Å². The summed E-state index contributed by atoms with van der Waals surface area (Å²) >= 11 is 0. The molecule has 0 saturated carbocycles. The van der Waals surface area contributed by atoms with Crippen LogP contribution in [0.4, 0.5) is 4.79 Å². The zero-order valence-electron chi connectivity index (χ0n) is 12.5. The zero-order valence-corrected chi connectivity index (χ0v) is 12.5. The molecular weight excluding hydrogens is 284 g/mol. The first-order valence-corrected chi connectivity index (χ1v) is 6.77. The lowest BCUT2D eigenvalue weighted by atomic mass is 9.95. The number of amides is 2. The average molecular weight is 302 g/mol. The summed E-state index contributed by atoms with van der Waals surface area (Å²) in [4.78, 5) is 24.0. The van der Waals surface area contributed by atoms with Crippen molar-refractivity contribution in [2.75, 3.05) is 13.7 Å². The number of urea groups is 1. The molecule has 0 aromatic heterocycles. The Labute approximate surface area is 128 Å². The highest BCUT2D eigenvalue weighted by Gasteiger charge is 2.32. The number of carbonyl (C=O) groups excluding carboxylic acids is 2. The van der Waals surface area contributed by atoms with Gasteiger partial charge in [-0.2, -0.15) is 0 Å². The van der Waals surface area contributed by atoms with Crippen LogP contribution in [-0.2, 0) is 9.53 Å². The molecule has 2 N–H and O–H groups in total. The molecule has 1 aromatic rings. The van der Waals surface area contributed by atoms with Crippen LogP contribution in [-0.4, -0.2) is 25.7 Å². The first-order valence-electron chi connectivity index (χ1n) is 6.77. The Balaban J connectivity index is 2.40. The predicted octanol–water partition coefficient (Wildman–Crippen LogP) is 2.05. The van der Waals surface area contributed by atoms with Crippen molar-refractivity contribution in [2.24, 2.45) is 0 Å². The highest BCUT2D eigenvalue weighted by atomic mass is 16.5. The Morgan fingerprint density at radius 2 is 2.23 bits per heavy atom. The van der Waals surface area contributed by atoms with E-state index in [9.17, 15) is 9.59 Å². The van der Waals surface area contributed by atoms with Gasteiger partial charge < -0.3 is 20.1 Å². The van der Waals surface area contributed by atoms with Gasteiger partial charge in [0, 0.05) is 5.70 Å². The second-order valence-corrected chi connectivity index (χ2v) is 4.73. The molecule has 0 bridgehead atoms. The van der Waals surface area contributed by atoms with Crippen LogP contribution in [0.5, 0.6) is 5.75 Å². The lowest BCUT2D eigenvalue weighted by Gasteiger charge is -2.28. The number of methoxy groups -OCH3 is 1. The molecule has 2 amide bonds. The maximum Gasteiger partial charge on any atom is 0.338 e. The van der Waals surface area contributed by atoms with E-state index in [-0.39, 0.29) is 12.6 Å². The maximum atomic E-state index is 12.3. The van der Waals surface area contributed by atoms with Gasteiger partial charge in [0.15, 0.2) is 0 Å². The fourth-order valence-electron chi connectivity index (χ4n) is 2.25. The van der Waals surface area contributed by atoms with Crippen molar-refractivity contribution in [3.05, 3.63) is 53.8 Å². The number of hydrogen-bond donors (Lipinski definition) is 2. The smallest absolute Gasteiger partial charge is 0.338 e. The topological polar surface area (TPSA) is 76.7 Å². The van der Waals surface area contributed by atoms with Crippen LogP contribution in [0.3, 0.4) is 0 Å². The molecule has 0 saturated heterocycles. The van der Waals surface area contributed by atoms with Crippen molar-refractivity contribution >= 4 is 12.0 Å². The fourth-order valence-corrected chi connectivity index (χ4v) is 2.25. The quantitative estimate of drug-likeness (QED) is 0.644. The molecule has 6 nitrogen and oxygen atoms in total. The van der Waals surface area contributed by atoms with Crippen molar-refractivity contribution in [1.82, 2.24) is 10.6 Å². The Morgan fingerprint density at radius 3 is 2.91 bits per heavy atom. The van der Waals surface area contributed by atoms with Crippen LogP contribution in [0.2, 0.25) is 0 Å². The lowest BCUT2D eigenvalue weighted by Crippen LogP contribution is -2.45. The molecule has 0 radical (unpaired) electrons. The van der Waals surface area contributed by atoms with Gasteiger partial charge in [-0.3, -0.25) is 0 Å². The molecule has 6 heteroatoms. The standard InChI is InChI=1S/C16H18N2O4/c1-4-8-22-15(19)13-10(2)17-16(20)18-14(13)11-6-5-7-12(9-11)21-3/h4-7,9,14H,1,8H2,2-3H3,(H2,17,18,20)/t14-/m0/s1. The molecule has 1 atom stereocenters. The van der Waals surface area contributed by atoms with Crippen molar-refractivity contribution < 1.29 is 19.1 Å². The number of esters is 1. The summed E-state index contributed by atoms with van der Waals surface area (Å²) in [6, 6.07) is 6.20. The summed E-state index contributed by atoms with van der Waals surface area (Å²) in [6.45, 7) is 5.28. The van der Waals surface area contributed by atoms with Gasteiger partial charge in [0.2, 0.25) is 0 Å². The number of carbonyl (C=O) groups is 2. The van der Waals surface area contributed by atoms with E-state index in [1.54, 1.807) is 32.2 Å². The molecule has 0 fully saturated rings. The molecule has 2 rings (SSSR count). The third-order valence-corrected chi connectivity index (χ3v) is 3.25. The number of benzene rings is 1. The molecule has 1 aromatic carbocycles. The van der Waals surface area contributed by atoms with Gasteiger partial charge in [-0.25, -0.2) is 9.59 Å². The van der Waals surface area contributed by atoms with Crippen LogP contribution in [0, 0.1) is 0 Å². The minimum atomic E-state index is -0.596. The van der Waals surface area contributed by atoms with Gasteiger partial charge >= 0.3 is 12.0 Å². The van der Waals surface area contributed by atoms with E-state index in [2.05, 4.69) is 17.2 Å². The molecule has 116 valence electrons. The summed E-state index contributed by atoms with van der Waals surface area (Å²) in [7, 11) is 1.56. The fraction of sp³-hybridized carbons (Fsp3) is 0.250. The Bertz CT molecular complexity index is 637. The largest absolute Gasteiger partial charge is 0.497 e. The SMILES string of the molecule is C=CCOC(=O)C1=C(C)NC(=O)N[C@H]1c1cccc(OC)c1. The van der Waals surface area contributed by atoms with E-state index in [1.165, 1.54) is 6.08 Å². The van der Waals surface area contributed by atoms with E-state index in [0.29, 0.717) is 17.0 Å². The molecule has 0 spiro atoms. The Kier molecular flexibility index (Phi) is 4.83. The van der Waals surface area contributed by atoms with E-state index in [0.717, 1.165) is 5.56 Å². The Hall–Kier alpha value is -2.76. The second-order valence-electron chi connectivity index (χ2n) is 4.73. The minimum absolute atomic E-state index is 0.106. The van der Waals surface area contributed by atoms with Crippen LogP contribution in [0.25, 0.3) is 0 Å². The molecule has 1 aliphatic rings. The van der Waals surface area contributed by atoms with Gasteiger partial charge in [-0.15, -0.1) is 0 Å². The molecule has 22 heavy (non-hydrogen) atoms. The summed E-state index contributed by atoms with van der Waals surface area (Å²) in [5.74, 6) is 0.138. The molecular formula is C16H18N2O4. The van der Waals surface area contributed by atoms with Gasteiger partial charge in [0.25, 0.3) is 0 Å². The predicted molar refractivity (Wildman–Crippen MR) is 81.3 cm³/mol. The van der Waals surface area contributed by atoms with Crippen molar-refractivity contribution in [2.45, 2.75) is 13.0 Å². The number of hydrogen-bond acceptors (Lipinski definition) is 4. The van der Waals surface area contributed by atoms with E-state index in [1.807, 2.05) is 6.07 Å². The highest BCUT2D eigenvalue weighted by Crippen LogP contribution is 2.29. The van der Waals surface area contributed by atoms with Gasteiger partial charge in [0.1, 0.15) is 12.4 Å². The minimum Gasteiger partial charge on any atom is -0.497 e. The normalized spacial score (nSPS) is 17.4. The van der Waals surface area contributed by atoms with Gasteiger partial charge in [0.05, 0.1) is 18.7 Å². The van der Waals surface area contributed by atoms with Gasteiger partial charge in [-0.1, -0.05) is 24.8 Å². The third kappa shape index (κ3) is 3.28. The Morgan fingerprint density at radius 1 is 1.45 bits per heavy atom. The number of ether oxygens (including phenoxy) is 2. The molecule has 1 heterocycles. The summed E-state index contributed by atoms with van der Waals surface area (Å²) < 4.78 is 10.3. The number of rotatable bonds is 5. The third-order valence-electron chi connectivity index (χ3n) is 3.25. The van der Waals surface area contributed by atoms with Crippen LogP contribution >= 0.6 is 0 Å². The molecule has 0 aliphatic carbocycles. The zero-order chi connectivity index (χ0) is 16.1. The van der Waals surface area contributed by atoms with Crippen LogP contribution in [0.1, 0.15) is 18.5 Å². The second kappa shape index (κ2) is 6.80. The van der Waals surface area contributed by atoms with E-state index in [4.69, 9.17) is 9.47 Å². The van der Waals surface area contributed by atoms with Crippen molar-refractivity contribution in [3.8, 4) is 5.75 Å². The molecule has 1 aliphatic heterocycles. The number of allylic oxidation sites excluding steroid dienone is 1. The van der Waals surface area contributed by atoms with Crippen LogP contribution < -0.4 is 15.4 Å². The summed E-state index contributed by atoms with van der Waals surface area (Å²) in [5, 5.41) is 5.32. The van der Waals surface area contributed by atoms with Crippen LogP contribution in [0.15, 0.2) is 48.2 Å². The van der Waals surface area contributed by atoms with Crippen molar-refractivity contribution in [1.29, 1.82) is 0 Å². The lowest BCUT2D eigenvalue weighted by molar-refractivity contribution is -0.138. The van der Waals surface area contributed by atoms with Crippen molar-refractivity contribution in [3.63, 3.8) is 0 Å². The number of nitrogens with one attached hydrogen (secondary N) is 2. The molecule has 0 unspecified atom stereocenters. The first-order chi connectivity index (χ1) is 10.6. The van der Waals surface area contributed by atoms with E-state index >= 15 is 0 Å². The maximum absolute atomic E-state index is 12.3. The van der Waals surface area contributed by atoms with Gasteiger partial charge in [-0.05, 0) is 24.6 Å². The highest BCUT2D eigenvalue weighted by molar-refractivity contribution is 5.95. The average Bonchev–Trinajstić information content (AvgIpc) is 2.51.